The first-order chi connectivity index (χ1) is 7.27. The fourth-order valence-electron chi connectivity index (χ4n) is 1.22. The summed E-state index contributed by atoms with van der Waals surface area (Å²) in [5.74, 6) is 0. The van der Waals surface area contributed by atoms with Crippen LogP contribution in [0.5, 0.6) is 0 Å². The number of hydrogen-bond donors (Lipinski definition) is 0. The van der Waals surface area contributed by atoms with Crippen molar-refractivity contribution in [2.75, 3.05) is 0 Å². The highest BCUT2D eigenvalue weighted by Crippen LogP contribution is 2.18. The Labute approximate surface area is 89.3 Å². The quantitative estimate of drug-likeness (QED) is 0.716. The first-order valence-electron chi connectivity index (χ1n) is 4.23. The van der Waals surface area contributed by atoms with Gasteiger partial charge in [-0.05, 0) is 29.3 Å². The molecule has 0 aliphatic carbocycles. The lowest BCUT2D eigenvalue weighted by Crippen LogP contribution is -1.90. The van der Waals surface area contributed by atoms with Gasteiger partial charge in [-0.2, -0.15) is 0 Å². The lowest BCUT2D eigenvalue weighted by atomic mass is 10.1. The molecule has 0 spiro atoms. The summed E-state index contributed by atoms with van der Waals surface area (Å²) in [6, 6.07) is 8.33. The van der Waals surface area contributed by atoms with Crippen LogP contribution in [0, 0.1) is 0 Å². The summed E-state index contributed by atoms with van der Waals surface area (Å²) in [5, 5.41) is 0. The number of benzene rings is 1. The summed E-state index contributed by atoms with van der Waals surface area (Å²) in [6.07, 6.45) is 3.04. The maximum Gasteiger partial charge on any atom is 0.116 e. The Kier molecular flexibility index (Phi) is 2.84. The van der Waals surface area contributed by atoms with Crippen molar-refractivity contribution in [3.63, 3.8) is 0 Å². The normalized spacial score (nSPS) is 12.3. The van der Waals surface area contributed by atoms with E-state index in [1.54, 1.807) is 30.5 Å². The molecule has 0 aliphatic rings. The zero-order valence-electron chi connectivity index (χ0n) is 7.66. The maximum atomic E-state index is 10.8. The predicted molar refractivity (Wildman–Crippen MR) is 54.7 cm³/mol. The Morgan fingerprint density at radius 1 is 1.27 bits per heavy atom. The fourth-order valence-corrected chi connectivity index (χ4v) is 1.63. The Morgan fingerprint density at radius 2 is 2.13 bits per heavy atom. The Bertz CT molecular complexity index is 488. The molecule has 1 aromatic carbocycles. The topological polar surface area (TPSA) is 65.9 Å². The molecule has 0 fully saturated rings. The molecule has 1 unspecified atom stereocenters. The maximum absolute atomic E-state index is 10.8. The van der Waals surface area contributed by atoms with Gasteiger partial charge in [-0.3, -0.25) is 4.21 Å². The molecule has 76 valence electrons. The first-order valence-corrected chi connectivity index (χ1v) is 5.30. The van der Waals surface area contributed by atoms with E-state index in [1.165, 1.54) is 12.4 Å². The van der Waals surface area contributed by atoms with Crippen molar-refractivity contribution in [2.45, 2.75) is 4.90 Å². The summed E-state index contributed by atoms with van der Waals surface area (Å²) in [6.45, 7) is 0. The first kappa shape index (κ1) is 9.95. The van der Waals surface area contributed by atoms with Crippen LogP contribution in [0.2, 0.25) is 0 Å². The summed E-state index contributed by atoms with van der Waals surface area (Å²) < 4.78 is 21.5. The Hall–Kier alpha value is -1.59. The van der Waals surface area contributed by atoms with Gasteiger partial charge in [0.05, 0.1) is 5.69 Å². The molecule has 5 heteroatoms. The molecular formula is C10H7N2O2S-. The molecule has 0 amide bonds. The molecule has 0 bridgehead atoms. The van der Waals surface area contributed by atoms with Crippen LogP contribution in [0.1, 0.15) is 0 Å². The number of rotatable bonds is 2. The molecule has 1 aromatic heterocycles. The minimum Gasteiger partial charge on any atom is -0.768 e. The third-order valence-corrected chi connectivity index (χ3v) is 2.54. The van der Waals surface area contributed by atoms with Crippen molar-refractivity contribution in [3.8, 4) is 11.3 Å². The van der Waals surface area contributed by atoms with Crippen LogP contribution in [-0.2, 0) is 11.1 Å². The zero-order chi connectivity index (χ0) is 10.7. The molecule has 15 heavy (non-hydrogen) atoms. The number of aromatic nitrogens is 2. The second-order valence-corrected chi connectivity index (χ2v) is 3.80. The third kappa shape index (κ3) is 2.26. The van der Waals surface area contributed by atoms with E-state index >= 15 is 0 Å². The second kappa shape index (κ2) is 4.29. The summed E-state index contributed by atoms with van der Waals surface area (Å²) in [4.78, 5) is 8.09. The van der Waals surface area contributed by atoms with Gasteiger partial charge in [0.25, 0.3) is 0 Å². The monoisotopic (exact) mass is 219 g/mol. The second-order valence-electron chi connectivity index (χ2n) is 2.86. The van der Waals surface area contributed by atoms with E-state index in [4.69, 9.17) is 0 Å². The van der Waals surface area contributed by atoms with Crippen molar-refractivity contribution in [1.29, 1.82) is 0 Å². The van der Waals surface area contributed by atoms with Gasteiger partial charge in [0.1, 0.15) is 6.33 Å². The highest BCUT2D eigenvalue weighted by molar-refractivity contribution is 7.79. The van der Waals surface area contributed by atoms with Crippen molar-refractivity contribution < 1.29 is 8.76 Å². The average molecular weight is 219 g/mol. The van der Waals surface area contributed by atoms with Crippen LogP contribution >= 0.6 is 0 Å². The van der Waals surface area contributed by atoms with E-state index in [-0.39, 0.29) is 4.90 Å². The predicted octanol–water partition coefficient (Wildman–Crippen LogP) is 1.38. The number of nitrogens with zero attached hydrogens (tertiary/aromatic N) is 2. The SMILES string of the molecule is O=S([O-])c1cccc(-c2ccncn2)c1. The van der Waals surface area contributed by atoms with Gasteiger partial charge in [-0.1, -0.05) is 12.1 Å². The van der Waals surface area contributed by atoms with Crippen molar-refractivity contribution in [3.05, 3.63) is 42.9 Å². The molecule has 0 saturated heterocycles. The van der Waals surface area contributed by atoms with Crippen molar-refractivity contribution in [1.82, 2.24) is 9.97 Å². The van der Waals surface area contributed by atoms with Crippen LogP contribution in [0.15, 0.2) is 47.8 Å². The molecular weight excluding hydrogens is 212 g/mol. The van der Waals surface area contributed by atoms with Crippen LogP contribution in [0.4, 0.5) is 0 Å². The van der Waals surface area contributed by atoms with Gasteiger partial charge in [-0.15, -0.1) is 0 Å². The minimum absolute atomic E-state index is 0.256. The lowest BCUT2D eigenvalue weighted by molar-refractivity contribution is 0.537. The van der Waals surface area contributed by atoms with Crippen LogP contribution in [-0.4, -0.2) is 18.7 Å². The Morgan fingerprint density at radius 3 is 2.80 bits per heavy atom. The van der Waals surface area contributed by atoms with E-state index in [2.05, 4.69) is 9.97 Å². The largest absolute Gasteiger partial charge is 0.768 e. The molecule has 0 radical (unpaired) electrons. The van der Waals surface area contributed by atoms with Gasteiger partial charge < -0.3 is 4.55 Å². The highest BCUT2D eigenvalue weighted by Gasteiger charge is 1.99. The smallest absolute Gasteiger partial charge is 0.116 e. The van der Waals surface area contributed by atoms with Crippen molar-refractivity contribution in [2.24, 2.45) is 0 Å². The summed E-state index contributed by atoms with van der Waals surface area (Å²) >= 11 is -2.21. The third-order valence-electron chi connectivity index (χ3n) is 1.90. The molecule has 2 aromatic rings. The minimum atomic E-state index is -2.21. The molecule has 4 nitrogen and oxygen atoms in total. The summed E-state index contributed by atoms with van der Waals surface area (Å²) in [5.41, 5.74) is 1.47. The zero-order valence-corrected chi connectivity index (χ0v) is 8.48. The van der Waals surface area contributed by atoms with Gasteiger partial charge in [0.2, 0.25) is 0 Å². The summed E-state index contributed by atoms with van der Waals surface area (Å²) in [7, 11) is 0. The van der Waals surface area contributed by atoms with E-state index in [0.29, 0.717) is 5.69 Å². The van der Waals surface area contributed by atoms with Gasteiger partial charge >= 0.3 is 0 Å². The molecule has 1 heterocycles. The standard InChI is InChI=1S/C10H8N2O2S/c13-15(14)9-3-1-2-8(6-9)10-4-5-11-7-12-10/h1-7H,(H,13,14)/p-1. The molecule has 0 N–H and O–H groups in total. The van der Waals surface area contributed by atoms with E-state index in [9.17, 15) is 8.76 Å². The van der Waals surface area contributed by atoms with E-state index < -0.39 is 11.1 Å². The Balaban J connectivity index is 2.46. The number of hydrogen-bond acceptors (Lipinski definition) is 4. The van der Waals surface area contributed by atoms with E-state index in [0.717, 1.165) is 5.56 Å². The van der Waals surface area contributed by atoms with Gasteiger partial charge in [-0.25, -0.2) is 9.97 Å². The van der Waals surface area contributed by atoms with Gasteiger partial charge in [0.15, 0.2) is 0 Å². The highest BCUT2D eigenvalue weighted by atomic mass is 32.2. The van der Waals surface area contributed by atoms with Gasteiger partial charge in [0, 0.05) is 16.7 Å². The molecule has 0 saturated carbocycles. The van der Waals surface area contributed by atoms with E-state index in [1.807, 2.05) is 0 Å². The molecule has 0 aliphatic heterocycles. The van der Waals surface area contributed by atoms with Crippen LogP contribution < -0.4 is 0 Å². The van der Waals surface area contributed by atoms with Crippen molar-refractivity contribution >= 4 is 11.1 Å². The molecule has 2 rings (SSSR count). The fraction of sp³-hybridized carbons (Fsp3) is 0. The molecule has 1 atom stereocenters. The van der Waals surface area contributed by atoms with Crippen LogP contribution in [0.25, 0.3) is 11.3 Å². The van der Waals surface area contributed by atoms with Crippen LogP contribution in [0.3, 0.4) is 0 Å². The average Bonchev–Trinajstić information content (AvgIpc) is 2.30. The lowest BCUT2D eigenvalue weighted by Gasteiger charge is -2.06.